The van der Waals surface area contributed by atoms with Gasteiger partial charge in [0.1, 0.15) is 11.2 Å². The Bertz CT molecular complexity index is 1270. The van der Waals surface area contributed by atoms with Gasteiger partial charge in [-0.15, -0.1) is 0 Å². The first-order valence-corrected chi connectivity index (χ1v) is 10.0. The zero-order valence-corrected chi connectivity index (χ0v) is 18.3. The number of methoxy groups -OCH3 is 2. The number of ether oxygens (including phenoxy) is 2. The van der Waals surface area contributed by atoms with E-state index >= 15 is 0 Å². The van der Waals surface area contributed by atoms with Crippen molar-refractivity contribution in [1.29, 1.82) is 0 Å². The number of anilines is 1. The third-order valence-electron chi connectivity index (χ3n) is 4.61. The second-order valence-electron chi connectivity index (χ2n) is 6.50. The van der Waals surface area contributed by atoms with Crippen LogP contribution in [-0.4, -0.2) is 31.1 Å². The number of fused-ring (bicyclic) bond motifs is 1. The second-order valence-corrected chi connectivity index (χ2v) is 7.41. The van der Waals surface area contributed by atoms with Gasteiger partial charge in [0.15, 0.2) is 5.58 Å². The standard InChI is InChI=1S/C23H17BrN2O5/c1-29-22(27)17-8-3-4-11-26(20(17)23(28)30-2)16-9-10-19-18(13-16)25-21(31-19)14-6-5-7-15(24)12-14/h3-13H,1-2H3. The summed E-state index contributed by atoms with van der Waals surface area (Å²) in [5.41, 5.74) is 2.73. The lowest BCUT2D eigenvalue weighted by Crippen LogP contribution is -2.26. The van der Waals surface area contributed by atoms with Crippen LogP contribution in [0.2, 0.25) is 0 Å². The molecule has 0 spiro atoms. The number of halogens is 1. The van der Waals surface area contributed by atoms with Gasteiger partial charge in [-0.25, -0.2) is 14.6 Å². The van der Waals surface area contributed by atoms with Crippen molar-refractivity contribution in [3.8, 4) is 11.5 Å². The van der Waals surface area contributed by atoms with Crippen LogP contribution in [0.1, 0.15) is 0 Å². The number of rotatable bonds is 4. The van der Waals surface area contributed by atoms with E-state index in [2.05, 4.69) is 20.9 Å². The molecular weight excluding hydrogens is 464 g/mol. The Hall–Kier alpha value is -3.65. The fourth-order valence-electron chi connectivity index (χ4n) is 3.18. The molecule has 1 aromatic heterocycles. The predicted molar refractivity (Wildman–Crippen MR) is 119 cm³/mol. The fraction of sp³-hybridized carbons (Fsp3) is 0.0870. The summed E-state index contributed by atoms with van der Waals surface area (Å²) in [5, 5.41) is 0. The molecule has 4 rings (SSSR count). The minimum Gasteiger partial charge on any atom is -0.465 e. The molecule has 0 atom stereocenters. The first-order chi connectivity index (χ1) is 15.0. The predicted octanol–water partition coefficient (Wildman–Crippen LogP) is 4.75. The van der Waals surface area contributed by atoms with Gasteiger partial charge in [0.05, 0.1) is 19.8 Å². The first-order valence-electron chi connectivity index (χ1n) is 9.23. The minimum atomic E-state index is -0.674. The van der Waals surface area contributed by atoms with Crippen molar-refractivity contribution < 1.29 is 23.5 Å². The highest BCUT2D eigenvalue weighted by molar-refractivity contribution is 9.10. The van der Waals surface area contributed by atoms with E-state index in [-0.39, 0.29) is 11.3 Å². The number of hydrogen-bond donors (Lipinski definition) is 0. The third-order valence-corrected chi connectivity index (χ3v) is 5.10. The molecular formula is C23H17BrN2O5. The highest BCUT2D eigenvalue weighted by Crippen LogP contribution is 2.31. The maximum atomic E-state index is 12.6. The molecule has 0 saturated heterocycles. The van der Waals surface area contributed by atoms with Gasteiger partial charge >= 0.3 is 11.9 Å². The van der Waals surface area contributed by atoms with Crippen LogP contribution in [0.25, 0.3) is 22.6 Å². The van der Waals surface area contributed by atoms with Gasteiger partial charge < -0.3 is 18.8 Å². The molecule has 2 aromatic carbocycles. The van der Waals surface area contributed by atoms with Gasteiger partial charge in [0.25, 0.3) is 0 Å². The Morgan fingerprint density at radius 2 is 1.84 bits per heavy atom. The molecule has 156 valence electrons. The monoisotopic (exact) mass is 480 g/mol. The Morgan fingerprint density at radius 3 is 2.58 bits per heavy atom. The molecule has 0 saturated carbocycles. The van der Waals surface area contributed by atoms with E-state index in [4.69, 9.17) is 13.9 Å². The van der Waals surface area contributed by atoms with Crippen LogP contribution in [0.4, 0.5) is 5.69 Å². The van der Waals surface area contributed by atoms with E-state index in [1.165, 1.54) is 20.3 Å². The molecule has 31 heavy (non-hydrogen) atoms. The van der Waals surface area contributed by atoms with E-state index in [1.54, 1.807) is 41.5 Å². The van der Waals surface area contributed by atoms with Crippen LogP contribution in [0, 0.1) is 0 Å². The molecule has 0 bridgehead atoms. The molecule has 2 heterocycles. The largest absolute Gasteiger partial charge is 0.465 e. The van der Waals surface area contributed by atoms with E-state index in [1.807, 2.05) is 24.3 Å². The number of nitrogens with zero attached hydrogens (tertiary/aromatic N) is 2. The van der Waals surface area contributed by atoms with Crippen molar-refractivity contribution in [2.24, 2.45) is 0 Å². The number of hydrogen-bond acceptors (Lipinski definition) is 7. The van der Waals surface area contributed by atoms with Gasteiger partial charge in [-0.1, -0.05) is 28.1 Å². The number of aromatic nitrogens is 1. The number of esters is 2. The minimum absolute atomic E-state index is 0.0365. The van der Waals surface area contributed by atoms with Crippen LogP contribution in [0.3, 0.4) is 0 Å². The van der Waals surface area contributed by atoms with E-state index in [0.717, 1.165) is 10.0 Å². The maximum Gasteiger partial charge on any atom is 0.355 e. The van der Waals surface area contributed by atoms with Crippen LogP contribution in [0.5, 0.6) is 0 Å². The van der Waals surface area contributed by atoms with Crippen molar-refractivity contribution in [3.05, 3.63) is 82.6 Å². The third kappa shape index (κ3) is 4.02. The van der Waals surface area contributed by atoms with Crippen molar-refractivity contribution in [2.75, 3.05) is 19.1 Å². The fourth-order valence-corrected chi connectivity index (χ4v) is 3.58. The lowest BCUT2D eigenvalue weighted by atomic mass is 10.1. The summed E-state index contributed by atoms with van der Waals surface area (Å²) in [6, 6.07) is 12.9. The second kappa shape index (κ2) is 8.61. The Morgan fingerprint density at radius 1 is 1.03 bits per heavy atom. The molecule has 7 nitrogen and oxygen atoms in total. The average Bonchev–Trinajstić information content (AvgIpc) is 3.09. The number of carbonyl (C=O) groups excluding carboxylic acids is 2. The van der Waals surface area contributed by atoms with E-state index in [9.17, 15) is 9.59 Å². The molecule has 1 aliphatic heterocycles. The summed E-state index contributed by atoms with van der Waals surface area (Å²) in [7, 11) is 2.51. The van der Waals surface area contributed by atoms with Crippen molar-refractivity contribution in [1.82, 2.24) is 4.98 Å². The summed E-state index contributed by atoms with van der Waals surface area (Å²) < 4.78 is 16.6. The summed E-state index contributed by atoms with van der Waals surface area (Å²) in [5.74, 6) is -0.850. The van der Waals surface area contributed by atoms with Crippen molar-refractivity contribution in [2.45, 2.75) is 0 Å². The van der Waals surface area contributed by atoms with Crippen LogP contribution in [-0.2, 0) is 19.1 Å². The van der Waals surface area contributed by atoms with Gasteiger partial charge in [-0.2, -0.15) is 0 Å². The Balaban J connectivity index is 1.82. The lowest BCUT2D eigenvalue weighted by molar-refractivity contribution is -0.139. The smallest absolute Gasteiger partial charge is 0.355 e. The number of benzene rings is 2. The number of allylic oxidation sites excluding steroid dienone is 2. The van der Waals surface area contributed by atoms with Crippen molar-refractivity contribution in [3.63, 3.8) is 0 Å². The Kier molecular flexibility index (Phi) is 5.73. The highest BCUT2D eigenvalue weighted by atomic mass is 79.9. The summed E-state index contributed by atoms with van der Waals surface area (Å²) in [6.45, 7) is 0. The van der Waals surface area contributed by atoms with Gasteiger partial charge in [-0.05, 0) is 48.6 Å². The van der Waals surface area contributed by atoms with Crippen LogP contribution >= 0.6 is 15.9 Å². The summed E-state index contributed by atoms with van der Waals surface area (Å²) >= 11 is 3.45. The first kappa shape index (κ1) is 20.6. The summed E-state index contributed by atoms with van der Waals surface area (Å²) in [4.78, 5) is 31.0. The average molecular weight is 481 g/mol. The normalized spacial score (nSPS) is 13.5. The number of oxazole rings is 1. The molecule has 8 heteroatoms. The highest BCUT2D eigenvalue weighted by Gasteiger charge is 2.27. The molecule has 0 amide bonds. The van der Waals surface area contributed by atoms with Crippen molar-refractivity contribution >= 4 is 44.7 Å². The molecule has 0 aliphatic carbocycles. The maximum absolute atomic E-state index is 12.6. The molecule has 0 radical (unpaired) electrons. The van der Waals surface area contributed by atoms with Gasteiger partial charge in [0, 0.05) is 21.9 Å². The quantitative estimate of drug-likeness (QED) is 0.498. The van der Waals surface area contributed by atoms with Crippen LogP contribution in [0.15, 0.2) is 87.1 Å². The molecule has 0 N–H and O–H groups in total. The molecule has 0 fully saturated rings. The van der Waals surface area contributed by atoms with E-state index < -0.39 is 11.9 Å². The molecule has 3 aromatic rings. The molecule has 0 unspecified atom stereocenters. The SMILES string of the molecule is COC(=O)C1=C(C(=O)OC)N(c2ccc3oc(-c4cccc(Br)c4)nc3c2)C=CC=C1. The van der Waals surface area contributed by atoms with E-state index in [0.29, 0.717) is 22.7 Å². The van der Waals surface area contributed by atoms with Crippen LogP contribution < -0.4 is 4.90 Å². The zero-order chi connectivity index (χ0) is 22.0. The topological polar surface area (TPSA) is 81.9 Å². The molecule has 1 aliphatic rings. The number of carbonyl (C=O) groups is 2. The summed E-state index contributed by atoms with van der Waals surface area (Å²) in [6.07, 6.45) is 6.53. The Labute approximate surface area is 186 Å². The zero-order valence-electron chi connectivity index (χ0n) is 16.7. The van der Waals surface area contributed by atoms with Gasteiger partial charge in [-0.3, -0.25) is 0 Å². The lowest BCUT2D eigenvalue weighted by Gasteiger charge is -2.22. The van der Waals surface area contributed by atoms with Gasteiger partial charge in [0.2, 0.25) is 5.89 Å².